The number of halogens is 3. The summed E-state index contributed by atoms with van der Waals surface area (Å²) in [7, 11) is 0. The highest BCUT2D eigenvalue weighted by Crippen LogP contribution is 2.19. The minimum atomic E-state index is -2.59. The van der Waals surface area contributed by atoms with E-state index in [9.17, 15) is 13.6 Å². The Labute approximate surface area is 109 Å². The van der Waals surface area contributed by atoms with Crippen molar-refractivity contribution < 1.29 is 13.6 Å². The van der Waals surface area contributed by atoms with Gasteiger partial charge in [-0.25, -0.2) is 13.8 Å². The van der Waals surface area contributed by atoms with Gasteiger partial charge in [0, 0.05) is 12.2 Å². The van der Waals surface area contributed by atoms with Crippen LogP contribution >= 0.6 is 11.6 Å². The molecule has 0 radical (unpaired) electrons. The number of hydrogen-bond donors (Lipinski definition) is 2. The Morgan fingerprint density at radius 1 is 1.50 bits per heavy atom. The average Bonchev–Trinajstić information content (AvgIpc) is 2.25. The van der Waals surface area contributed by atoms with E-state index in [1.807, 2.05) is 13.8 Å². The van der Waals surface area contributed by atoms with Crippen LogP contribution in [0.1, 0.15) is 24.2 Å². The summed E-state index contributed by atoms with van der Waals surface area (Å²) >= 11 is 5.73. The van der Waals surface area contributed by atoms with Gasteiger partial charge in [0.2, 0.25) is 0 Å². The van der Waals surface area contributed by atoms with E-state index in [0.717, 1.165) is 0 Å². The summed E-state index contributed by atoms with van der Waals surface area (Å²) in [6, 6.07) is 1.56. The lowest BCUT2D eigenvalue weighted by Crippen LogP contribution is -2.29. The van der Waals surface area contributed by atoms with E-state index in [2.05, 4.69) is 15.6 Å². The van der Waals surface area contributed by atoms with Gasteiger partial charge in [-0.05, 0) is 19.9 Å². The summed E-state index contributed by atoms with van der Waals surface area (Å²) < 4.78 is 24.0. The van der Waals surface area contributed by atoms with Crippen LogP contribution in [0, 0.1) is 0 Å². The van der Waals surface area contributed by atoms with Gasteiger partial charge in [0.05, 0.1) is 17.8 Å². The zero-order chi connectivity index (χ0) is 13.7. The second kappa shape index (κ2) is 6.49. The quantitative estimate of drug-likeness (QED) is 0.813. The van der Waals surface area contributed by atoms with E-state index in [1.165, 1.54) is 12.3 Å². The van der Waals surface area contributed by atoms with Crippen molar-refractivity contribution in [2.24, 2.45) is 0 Å². The predicted molar refractivity (Wildman–Crippen MR) is 66.3 cm³/mol. The summed E-state index contributed by atoms with van der Waals surface area (Å²) in [5.41, 5.74) is 0.658. The van der Waals surface area contributed by atoms with Crippen LogP contribution in [0.25, 0.3) is 0 Å². The first-order chi connectivity index (χ1) is 8.40. The van der Waals surface area contributed by atoms with Gasteiger partial charge in [-0.2, -0.15) is 0 Å². The molecule has 7 heteroatoms. The van der Waals surface area contributed by atoms with Gasteiger partial charge in [-0.15, -0.1) is 0 Å². The number of carbonyl (C=O) groups is 1. The summed E-state index contributed by atoms with van der Waals surface area (Å²) in [6.45, 7) is 3.08. The molecular formula is C11H14ClF2N3O. The van der Waals surface area contributed by atoms with Crippen molar-refractivity contribution in [3.63, 3.8) is 0 Å². The van der Waals surface area contributed by atoms with Crippen molar-refractivity contribution in [1.82, 2.24) is 10.3 Å². The monoisotopic (exact) mass is 277 g/mol. The minimum absolute atomic E-state index is 0.0742. The number of aromatic nitrogens is 1. The Bertz CT molecular complexity index is 427. The lowest BCUT2D eigenvalue weighted by molar-refractivity contribution is 0.0892. The Morgan fingerprint density at radius 3 is 2.72 bits per heavy atom. The van der Waals surface area contributed by atoms with E-state index in [1.54, 1.807) is 0 Å². The molecule has 4 nitrogen and oxygen atoms in total. The van der Waals surface area contributed by atoms with E-state index in [-0.39, 0.29) is 16.8 Å². The maximum Gasteiger partial charge on any atom is 0.255 e. The van der Waals surface area contributed by atoms with Crippen LogP contribution in [0.5, 0.6) is 0 Å². The van der Waals surface area contributed by atoms with Gasteiger partial charge in [0.25, 0.3) is 12.3 Å². The number of rotatable bonds is 5. The van der Waals surface area contributed by atoms with Crippen molar-refractivity contribution in [3.05, 3.63) is 23.0 Å². The van der Waals surface area contributed by atoms with Gasteiger partial charge in [0.15, 0.2) is 0 Å². The van der Waals surface area contributed by atoms with E-state index in [0.29, 0.717) is 5.69 Å². The fourth-order valence-electron chi connectivity index (χ4n) is 1.31. The molecule has 18 heavy (non-hydrogen) atoms. The van der Waals surface area contributed by atoms with Gasteiger partial charge in [-0.3, -0.25) is 4.79 Å². The number of pyridine rings is 1. The third-order valence-corrected chi connectivity index (χ3v) is 2.18. The molecule has 0 bridgehead atoms. The van der Waals surface area contributed by atoms with Crippen molar-refractivity contribution in [3.8, 4) is 0 Å². The van der Waals surface area contributed by atoms with Gasteiger partial charge in [0.1, 0.15) is 5.15 Å². The molecule has 0 aliphatic heterocycles. The third-order valence-electron chi connectivity index (χ3n) is 1.98. The van der Waals surface area contributed by atoms with Crippen LogP contribution in [-0.2, 0) is 0 Å². The van der Waals surface area contributed by atoms with Crippen LogP contribution in [0.15, 0.2) is 12.3 Å². The van der Waals surface area contributed by atoms with Gasteiger partial charge >= 0.3 is 0 Å². The molecule has 1 aromatic rings. The van der Waals surface area contributed by atoms with Crippen LogP contribution < -0.4 is 10.6 Å². The number of alkyl halides is 2. The lowest BCUT2D eigenvalue weighted by atomic mass is 10.2. The predicted octanol–water partition coefficient (Wildman–Crippen LogP) is 2.55. The zero-order valence-electron chi connectivity index (χ0n) is 10.0. The summed E-state index contributed by atoms with van der Waals surface area (Å²) in [5.74, 6) is -0.609. The van der Waals surface area contributed by atoms with Crippen molar-refractivity contribution in [2.75, 3.05) is 11.9 Å². The minimum Gasteiger partial charge on any atom is -0.382 e. The number of anilines is 1. The fraction of sp³-hybridized carbons (Fsp3) is 0.455. The highest BCUT2D eigenvalue weighted by Gasteiger charge is 2.14. The first-order valence-electron chi connectivity index (χ1n) is 5.38. The molecule has 0 aliphatic rings. The molecule has 100 valence electrons. The molecule has 1 aromatic heterocycles. The van der Waals surface area contributed by atoms with E-state index >= 15 is 0 Å². The molecule has 0 aromatic carbocycles. The average molecular weight is 278 g/mol. The summed E-state index contributed by atoms with van der Waals surface area (Å²) in [5, 5.41) is 5.35. The molecule has 0 fully saturated rings. The molecular weight excluding hydrogens is 264 g/mol. The molecule has 0 saturated carbocycles. The summed E-state index contributed by atoms with van der Waals surface area (Å²) in [6.07, 6.45) is -1.33. The number of nitrogens with zero attached hydrogens (tertiary/aromatic N) is 1. The Kier molecular flexibility index (Phi) is 5.27. The second-order valence-corrected chi connectivity index (χ2v) is 4.34. The van der Waals surface area contributed by atoms with Crippen molar-refractivity contribution in [1.29, 1.82) is 0 Å². The molecule has 0 spiro atoms. The normalized spacial score (nSPS) is 10.8. The standard InChI is InChI=1S/C11H14ClF2N3O/c1-6(2)17-8-3-9(12)15-4-7(8)11(18)16-5-10(13)14/h3-4,6,10H,5H2,1-2H3,(H,15,17)(H,16,18). The third kappa shape index (κ3) is 4.44. The largest absolute Gasteiger partial charge is 0.382 e. The molecule has 2 N–H and O–H groups in total. The lowest BCUT2D eigenvalue weighted by Gasteiger charge is -2.14. The van der Waals surface area contributed by atoms with Crippen LogP contribution in [0.4, 0.5) is 14.5 Å². The first-order valence-corrected chi connectivity index (χ1v) is 5.76. The Hall–Kier alpha value is -1.43. The number of amides is 1. The number of carbonyl (C=O) groups excluding carboxylic acids is 1. The Morgan fingerprint density at radius 2 is 2.17 bits per heavy atom. The molecule has 0 saturated heterocycles. The SMILES string of the molecule is CC(C)Nc1cc(Cl)ncc1C(=O)NCC(F)F. The molecule has 0 unspecified atom stereocenters. The molecule has 0 aliphatic carbocycles. The number of hydrogen-bond acceptors (Lipinski definition) is 3. The maximum atomic E-state index is 12.0. The van der Waals surface area contributed by atoms with Crippen LogP contribution in [0.2, 0.25) is 5.15 Å². The van der Waals surface area contributed by atoms with Crippen molar-refractivity contribution in [2.45, 2.75) is 26.3 Å². The second-order valence-electron chi connectivity index (χ2n) is 3.95. The number of nitrogens with one attached hydrogen (secondary N) is 2. The smallest absolute Gasteiger partial charge is 0.255 e. The molecule has 1 heterocycles. The highest BCUT2D eigenvalue weighted by atomic mass is 35.5. The summed E-state index contributed by atoms with van der Waals surface area (Å²) in [4.78, 5) is 15.5. The molecule has 1 rings (SSSR count). The van der Waals surface area contributed by atoms with Crippen molar-refractivity contribution >= 4 is 23.2 Å². The van der Waals surface area contributed by atoms with Crippen LogP contribution in [-0.4, -0.2) is 29.9 Å². The van der Waals surface area contributed by atoms with Gasteiger partial charge < -0.3 is 10.6 Å². The first kappa shape index (κ1) is 14.6. The van der Waals surface area contributed by atoms with Gasteiger partial charge in [-0.1, -0.05) is 11.6 Å². The molecule has 0 atom stereocenters. The molecule has 1 amide bonds. The highest BCUT2D eigenvalue weighted by molar-refractivity contribution is 6.29. The topological polar surface area (TPSA) is 54.0 Å². The van der Waals surface area contributed by atoms with E-state index in [4.69, 9.17) is 11.6 Å². The maximum absolute atomic E-state index is 12.0. The fourth-order valence-corrected chi connectivity index (χ4v) is 1.46. The Balaban J connectivity index is 2.89. The zero-order valence-corrected chi connectivity index (χ0v) is 10.8. The van der Waals surface area contributed by atoms with E-state index < -0.39 is 18.9 Å². The van der Waals surface area contributed by atoms with Crippen LogP contribution in [0.3, 0.4) is 0 Å².